The number of aryl methyl sites for hydroxylation is 1. The number of benzene rings is 1. The summed E-state index contributed by atoms with van der Waals surface area (Å²) in [4.78, 5) is 4.21. The minimum absolute atomic E-state index is 0.210. The Hall–Kier alpha value is -0.760. The van der Waals surface area contributed by atoms with Crippen molar-refractivity contribution in [3.8, 4) is 0 Å². The fourth-order valence-electron chi connectivity index (χ4n) is 1.63. The van der Waals surface area contributed by atoms with Crippen LogP contribution in [-0.2, 0) is 16.6 Å². The van der Waals surface area contributed by atoms with Crippen LogP contribution < -0.4 is 4.72 Å². The summed E-state index contributed by atoms with van der Waals surface area (Å²) in [5.41, 5.74) is 1.85. The lowest BCUT2D eigenvalue weighted by atomic mass is 10.2. The summed E-state index contributed by atoms with van der Waals surface area (Å²) >= 11 is 6.56. The second-order valence-corrected chi connectivity index (χ2v) is 7.71. The van der Waals surface area contributed by atoms with Gasteiger partial charge in [-0.1, -0.05) is 15.9 Å². The molecule has 0 bridgehead atoms. The molecule has 0 aliphatic rings. The number of hydrogen-bond acceptors (Lipinski definition) is 3. The maximum atomic E-state index is 12.3. The van der Waals surface area contributed by atoms with Crippen molar-refractivity contribution in [1.82, 2.24) is 9.71 Å². The van der Waals surface area contributed by atoms with Gasteiger partial charge in [0.15, 0.2) is 0 Å². The molecule has 0 fully saturated rings. The minimum Gasteiger partial charge on any atom is -0.264 e. The van der Waals surface area contributed by atoms with Gasteiger partial charge >= 0.3 is 0 Å². The molecule has 0 aliphatic heterocycles. The van der Waals surface area contributed by atoms with E-state index < -0.39 is 10.0 Å². The van der Waals surface area contributed by atoms with Crippen LogP contribution in [0.25, 0.3) is 0 Å². The van der Waals surface area contributed by atoms with E-state index in [1.165, 1.54) is 0 Å². The van der Waals surface area contributed by atoms with Gasteiger partial charge in [-0.05, 0) is 58.2 Å². The van der Waals surface area contributed by atoms with E-state index in [4.69, 9.17) is 0 Å². The summed E-state index contributed by atoms with van der Waals surface area (Å²) in [5, 5.41) is 0. The number of aromatic nitrogens is 1. The molecule has 1 aromatic heterocycles. The summed E-state index contributed by atoms with van der Waals surface area (Å²) in [5.74, 6) is 0. The van der Waals surface area contributed by atoms with Gasteiger partial charge in [-0.2, -0.15) is 0 Å². The number of hydrogen-bond donors (Lipinski definition) is 1. The molecular formula is C13H12Br2N2O2S. The molecule has 0 saturated heterocycles. The van der Waals surface area contributed by atoms with E-state index in [2.05, 4.69) is 41.6 Å². The monoisotopic (exact) mass is 418 g/mol. The Balaban J connectivity index is 2.22. The van der Waals surface area contributed by atoms with E-state index >= 15 is 0 Å². The van der Waals surface area contributed by atoms with Crippen molar-refractivity contribution in [2.24, 2.45) is 0 Å². The topological polar surface area (TPSA) is 59.1 Å². The van der Waals surface area contributed by atoms with Gasteiger partial charge in [0.2, 0.25) is 10.0 Å². The van der Waals surface area contributed by atoms with E-state index in [0.717, 1.165) is 15.6 Å². The molecule has 106 valence electrons. The Kier molecular flexibility index (Phi) is 4.95. The van der Waals surface area contributed by atoms with Crippen molar-refractivity contribution in [3.63, 3.8) is 0 Å². The maximum absolute atomic E-state index is 12.3. The molecule has 1 N–H and O–H groups in total. The summed E-state index contributed by atoms with van der Waals surface area (Å²) in [6, 6.07) is 6.78. The number of sulfonamides is 1. The highest BCUT2D eigenvalue weighted by Crippen LogP contribution is 2.25. The van der Waals surface area contributed by atoms with Gasteiger partial charge in [0.05, 0.1) is 4.90 Å². The molecule has 0 atom stereocenters. The first kappa shape index (κ1) is 15.6. The van der Waals surface area contributed by atoms with Gasteiger partial charge in [-0.15, -0.1) is 0 Å². The van der Waals surface area contributed by atoms with Crippen LogP contribution in [0.1, 0.15) is 11.1 Å². The predicted molar refractivity (Wildman–Crippen MR) is 84.8 cm³/mol. The van der Waals surface area contributed by atoms with E-state index in [1.807, 2.05) is 13.0 Å². The van der Waals surface area contributed by atoms with E-state index in [9.17, 15) is 8.42 Å². The molecule has 20 heavy (non-hydrogen) atoms. The van der Waals surface area contributed by atoms with Crippen LogP contribution in [0.4, 0.5) is 0 Å². The maximum Gasteiger partial charge on any atom is 0.241 e. The van der Waals surface area contributed by atoms with E-state index in [1.54, 1.807) is 30.6 Å². The molecule has 0 spiro atoms. The van der Waals surface area contributed by atoms with Crippen molar-refractivity contribution in [2.45, 2.75) is 18.4 Å². The molecular weight excluding hydrogens is 408 g/mol. The average Bonchev–Trinajstić information content (AvgIpc) is 2.37. The van der Waals surface area contributed by atoms with Gasteiger partial charge in [0.25, 0.3) is 0 Å². The van der Waals surface area contributed by atoms with E-state index in [-0.39, 0.29) is 11.4 Å². The zero-order valence-electron chi connectivity index (χ0n) is 10.6. The Bertz CT molecular complexity index is 733. The van der Waals surface area contributed by atoms with Crippen LogP contribution in [-0.4, -0.2) is 13.4 Å². The van der Waals surface area contributed by atoms with Gasteiger partial charge in [0.1, 0.15) is 0 Å². The molecule has 2 rings (SSSR count). The number of nitrogens with one attached hydrogen (secondary N) is 1. The van der Waals surface area contributed by atoms with Crippen LogP contribution in [0.3, 0.4) is 0 Å². The average molecular weight is 420 g/mol. The first-order valence-electron chi connectivity index (χ1n) is 5.74. The number of nitrogens with zero attached hydrogens (tertiary/aromatic N) is 1. The Morgan fingerprint density at radius 1 is 1.25 bits per heavy atom. The van der Waals surface area contributed by atoms with Crippen LogP contribution in [0.5, 0.6) is 0 Å². The quantitative estimate of drug-likeness (QED) is 0.826. The molecule has 4 nitrogen and oxygen atoms in total. The molecule has 0 amide bonds. The standard InChI is InChI=1S/C13H12Br2N2O2S/c1-9-4-5-16-7-10(9)8-17-20(18,19)13-3-2-11(14)6-12(13)15/h2-7,17H,8H2,1H3. The SMILES string of the molecule is Cc1ccncc1CNS(=O)(=O)c1ccc(Br)cc1Br. The van der Waals surface area contributed by atoms with Crippen LogP contribution in [0.15, 0.2) is 50.5 Å². The van der Waals surface area contributed by atoms with Crippen molar-refractivity contribution in [2.75, 3.05) is 0 Å². The van der Waals surface area contributed by atoms with Gasteiger partial charge < -0.3 is 0 Å². The lowest BCUT2D eigenvalue weighted by Crippen LogP contribution is -2.24. The van der Waals surface area contributed by atoms with Gasteiger partial charge in [0, 0.05) is 27.9 Å². The molecule has 2 aromatic rings. The summed E-state index contributed by atoms with van der Waals surface area (Å²) in [6.45, 7) is 2.13. The predicted octanol–water partition coefficient (Wildman–Crippen LogP) is 3.39. The van der Waals surface area contributed by atoms with Gasteiger partial charge in [-0.3, -0.25) is 4.98 Å². The highest BCUT2D eigenvalue weighted by atomic mass is 79.9. The Morgan fingerprint density at radius 2 is 2.00 bits per heavy atom. The third-order valence-electron chi connectivity index (χ3n) is 2.78. The number of rotatable bonds is 4. The zero-order valence-corrected chi connectivity index (χ0v) is 14.6. The Morgan fingerprint density at radius 3 is 2.65 bits per heavy atom. The molecule has 0 radical (unpaired) electrons. The highest BCUT2D eigenvalue weighted by Gasteiger charge is 2.17. The third kappa shape index (κ3) is 3.66. The summed E-state index contributed by atoms with van der Waals surface area (Å²) in [7, 11) is -3.57. The van der Waals surface area contributed by atoms with Crippen molar-refractivity contribution in [1.29, 1.82) is 0 Å². The van der Waals surface area contributed by atoms with Crippen LogP contribution in [0, 0.1) is 6.92 Å². The minimum atomic E-state index is -3.57. The van der Waals surface area contributed by atoms with Crippen LogP contribution in [0.2, 0.25) is 0 Å². The second-order valence-electron chi connectivity index (χ2n) is 4.20. The lowest BCUT2D eigenvalue weighted by Gasteiger charge is -2.10. The zero-order chi connectivity index (χ0) is 14.8. The van der Waals surface area contributed by atoms with Crippen molar-refractivity contribution >= 4 is 41.9 Å². The van der Waals surface area contributed by atoms with Crippen LogP contribution >= 0.6 is 31.9 Å². The number of pyridine rings is 1. The first-order chi connectivity index (χ1) is 9.40. The summed E-state index contributed by atoms with van der Waals surface area (Å²) < 4.78 is 28.5. The van der Waals surface area contributed by atoms with Gasteiger partial charge in [-0.25, -0.2) is 13.1 Å². The molecule has 1 aromatic carbocycles. The normalized spacial score (nSPS) is 11.6. The molecule has 0 unspecified atom stereocenters. The summed E-state index contributed by atoms with van der Waals surface area (Å²) in [6.07, 6.45) is 3.34. The second kappa shape index (κ2) is 6.34. The smallest absolute Gasteiger partial charge is 0.241 e. The number of halogens is 2. The lowest BCUT2D eigenvalue weighted by molar-refractivity contribution is 0.580. The Labute approximate surface area is 134 Å². The largest absolute Gasteiger partial charge is 0.264 e. The van der Waals surface area contributed by atoms with Crippen molar-refractivity contribution < 1.29 is 8.42 Å². The fourth-order valence-corrected chi connectivity index (χ4v) is 4.38. The third-order valence-corrected chi connectivity index (χ3v) is 5.65. The first-order valence-corrected chi connectivity index (χ1v) is 8.81. The van der Waals surface area contributed by atoms with E-state index in [0.29, 0.717) is 4.47 Å². The molecule has 0 saturated carbocycles. The van der Waals surface area contributed by atoms with Crippen molar-refractivity contribution in [3.05, 3.63) is 56.7 Å². The molecule has 1 heterocycles. The molecule has 0 aliphatic carbocycles. The fraction of sp³-hybridized carbons (Fsp3) is 0.154. The highest BCUT2D eigenvalue weighted by molar-refractivity contribution is 9.11. The molecule has 7 heteroatoms.